The van der Waals surface area contributed by atoms with Crippen LogP contribution in [0.3, 0.4) is 0 Å². The molecule has 0 amide bonds. The number of carbonyl (C=O) groups excluding carboxylic acids is 1. The number of hydrogen-bond acceptors (Lipinski definition) is 8. The quantitative estimate of drug-likeness (QED) is 0.249. The minimum atomic E-state index is -2.10. The lowest BCUT2D eigenvalue weighted by Gasteiger charge is -2.36. The van der Waals surface area contributed by atoms with Gasteiger partial charge in [-0.05, 0) is 61.5 Å². The highest BCUT2D eigenvalue weighted by Gasteiger charge is 2.39. The van der Waals surface area contributed by atoms with E-state index in [9.17, 15) is 9.90 Å². The number of esters is 1. The zero-order valence-electron chi connectivity index (χ0n) is 23.3. The van der Waals surface area contributed by atoms with Gasteiger partial charge in [-0.1, -0.05) is 32.9 Å². The zero-order valence-corrected chi connectivity index (χ0v) is 24.3. The maximum Gasteiger partial charge on any atom is 0.335 e. The lowest BCUT2D eigenvalue weighted by Crippen LogP contribution is -2.43. The summed E-state index contributed by atoms with van der Waals surface area (Å²) in [6, 6.07) is 14.8. The molecule has 0 saturated heterocycles. The fourth-order valence-corrected chi connectivity index (χ4v) is 4.51. The van der Waals surface area contributed by atoms with E-state index in [4.69, 9.17) is 18.6 Å². The second kappa shape index (κ2) is 12.4. The number of aliphatic hydroxyl groups is 1. The maximum absolute atomic E-state index is 12.1. The average molecular weight is 539 g/mol. The Labute approximate surface area is 226 Å². The Kier molecular flexibility index (Phi) is 9.51. The molecular weight excluding hydrogens is 500 g/mol. The smallest absolute Gasteiger partial charge is 0.335 e. The van der Waals surface area contributed by atoms with Crippen molar-refractivity contribution in [1.82, 2.24) is 9.97 Å². The Bertz CT molecular complexity index is 1240. The number of hydrogen-bond donors (Lipinski definition) is 1. The van der Waals surface area contributed by atoms with Crippen LogP contribution in [0.4, 0.5) is 0 Å². The third-order valence-corrected chi connectivity index (χ3v) is 11.0. The number of methoxy groups -OCH3 is 1. The summed E-state index contributed by atoms with van der Waals surface area (Å²) in [4.78, 5) is 21.2. The highest BCUT2D eigenvalue weighted by molar-refractivity contribution is 6.74. The van der Waals surface area contributed by atoms with E-state index in [0.29, 0.717) is 34.3 Å². The van der Waals surface area contributed by atoms with Gasteiger partial charge in [-0.25, -0.2) is 14.8 Å². The van der Waals surface area contributed by atoms with Gasteiger partial charge >= 0.3 is 5.97 Å². The summed E-state index contributed by atoms with van der Waals surface area (Å²) in [7, 11) is -0.493. The Morgan fingerprint density at radius 2 is 1.82 bits per heavy atom. The minimum absolute atomic E-state index is 0.0128. The molecule has 1 heterocycles. The van der Waals surface area contributed by atoms with Crippen LogP contribution < -0.4 is 13.9 Å². The van der Waals surface area contributed by atoms with E-state index in [1.165, 1.54) is 0 Å². The highest BCUT2D eigenvalue weighted by atomic mass is 28.4. The molecule has 204 valence electrons. The van der Waals surface area contributed by atoms with Crippen LogP contribution in [0.15, 0.2) is 54.7 Å². The van der Waals surface area contributed by atoms with Crippen molar-refractivity contribution < 1.29 is 28.5 Å². The van der Waals surface area contributed by atoms with Gasteiger partial charge in [0.15, 0.2) is 11.9 Å². The SMILES string of the molecule is CCOC(=O)[C@H](O)Cc1cc(O[Si](C)(C)C(C)(C)C)ccc1OCc1ccnc(-c2ccccc2OC)n1. The standard InChI is InChI=1S/C29H38N2O6Si/c1-8-35-28(33)24(32)18-20-17-22(37-38(6,7)29(2,3)4)13-14-25(20)36-19-21-15-16-30-27(31-21)23-11-9-10-12-26(23)34-5/h9-17,24,32H,8,18-19H2,1-7H3/t24-/m1/s1. The van der Waals surface area contributed by atoms with Crippen molar-refractivity contribution in [2.45, 2.75) is 65.0 Å². The van der Waals surface area contributed by atoms with Crippen molar-refractivity contribution >= 4 is 14.3 Å². The van der Waals surface area contributed by atoms with E-state index < -0.39 is 20.4 Å². The minimum Gasteiger partial charge on any atom is -0.543 e. The molecule has 3 rings (SSSR count). The van der Waals surface area contributed by atoms with E-state index in [2.05, 4.69) is 43.8 Å². The van der Waals surface area contributed by atoms with E-state index in [0.717, 1.165) is 5.56 Å². The molecule has 0 aliphatic carbocycles. The normalized spacial score (nSPS) is 12.5. The van der Waals surface area contributed by atoms with E-state index >= 15 is 0 Å². The monoisotopic (exact) mass is 538 g/mol. The van der Waals surface area contributed by atoms with Crippen molar-refractivity contribution in [3.8, 4) is 28.6 Å². The van der Waals surface area contributed by atoms with Crippen molar-refractivity contribution in [3.63, 3.8) is 0 Å². The van der Waals surface area contributed by atoms with E-state index in [1.54, 1.807) is 32.4 Å². The number of carbonyl (C=O) groups is 1. The summed E-state index contributed by atoms with van der Waals surface area (Å²) in [5.74, 6) is 1.73. The fraction of sp³-hybridized carbons (Fsp3) is 0.414. The molecule has 0 spiro atoms. The maximum atomic E-state index is 12.1. The van der Waals surface area contributed by atoms with Crippen molar-refractivity contribution in [1.29, 1.82) is 0 Å². The van der Waals surface area contributed by atoms with Gasteiger partial charge in [0, 0.05) is 18.2 Å². The van der Waals surface area contributed by atoms with Crippen LogP contribution in [0.5, 0.6) is 17.2 Å². The molecule has 1 N–H and O–H groups in total. The summed E-state index contributed by atoms with van der Waals surface area (Å²) in [6.07, 6.45) is 0.380. The number of benzene rings is 2. The zero-order chi connectivity index (χ0) is 27.9. The second-order valence-corrected chi connectivity index (χ2v) is 15.2. The van der Waals surface area contributed by atoms with Gasteiger partial charge in [-0.15, -0.1) is 0 Å². The van der Waals surface area contributed by atoms with Gasteiger partial charge < -0.3 is 23.7 Å². The second-order valence-electron chi connectivity index (χ2n) is 10.5. The average Bonchev–Trinajstić information content (AvgIpc) is 2.87. The Morgan fingerprint density at radius 1 is 1.08 bits per heavy atom. The summed E-state index contributed by atoms with van der Waals surface area (Å²) < 4.78 is 23.0. The first-order chi connectivity index (χ1) is 17.9. The van der Waals surface area contributed by atoms with E-state index in [-0.39, 0.29) is 24.7 Å². The Balaban J connectivity index is 1.86. The molecule has 0 aliphatic heterocycles. The van der Waals surface area contributed by atoms with Crippen LogP contribution in [0.2, 0.25) is 18.1 Å². The van der Waals surface area contributed by atoms with Crippen molar-refractivity contribution in [3.05, 3.63) is 66.0 Å². The first kappa shape index (κ1) is 29.1. The number of nitrogens with zero attached hydrogens (tertiary/aromatic N) is 2. The highest BCUT2D eigenvalue weighted by Crippen LogP contribution is 2.38. The Hall–Kier alpha value is -3.43. The van der Waals surface area contributed by atoms with Gasteiger partial charge in [0.1, 0.15) is 23.9 Å². The third-order valence-electron chi connectivity index (χ3n) is 6.62. The summed E-state index contributed by atoms with van der Waals surface area (Å²) in [5.41, 5.74) is 2.09. The van der Waals surface area contributed by atoms with E-state index in [1.807, 2.05) is 36.4 Å². The number of aliphatic hydroxyl groups excluding tert-OH is 1. The lowest BCUT2D eigenvalue weighted by molar-refractivity contribution is -0.152. The van der Waals surface area contributed by atoms with Crippen molar-refractivity contribution in [2.24, 2.45) is 0 Å². The van der Waals surface area contributed by atoms with Crippen LogP contribution in [0.25, 0.3) is 11.4 Å². The lowest BCUT2D eigenvalue weighted by atomic mass is 10.1. The van der Waals surface area contributed by atoms with Crippen molar-refractivity contribution in [2.75, 3.05) is 13.7 Å². The predicted octanol–water partition coefficient (Wildman–Crippen LogP) is 5.58. The fourth-order valence-electron chi connectivity index (χ4n) is 3.48. The van der Waals surface area contributed by atoms with Crippen LogP contribution in [-0.4, -0.2) is 49.2 Å². The summed E-state index contributed by atoms with van der Waals surface area (Å²) in [6.45, 7) is 12.9. The summed E-state index contributed by atoms with van der Waals surface area (Å²) >= 11 is 0. The Morgan fingerprint density at radius 3 is 2.50 bits per heavy atom. The van der Waals surface area contributed by atoms with Gasteiger partial charge in [-0.3, -0.25) is 0 Å². The molecule has 2 aromatic carbocycles. The number of para-hydroxylation sites is 1. The molecule has 38 heavy (non-hydrogen) atoms. The molecule has 0 bridgehead atoms. The van der Waals surface area contributed by atoms with Gasteiger partial charge in [-0.2, -0.15) is 0 Å². The van der Waals surface area contributed by atoms with Gasteiger partial charge in [0.2, 0.25) is 8.32 Å². The third kappa shape index (κ3) is 7.32. The van der Waals surface area contributed by atoms with Crippen LogP contribution in [0, 0.1) is 0 Å². The first-order valence-corrected chi connectivity index (χ1v) is 15.6. The number of aromatic nitrogens is 2. The molecule has 0 aliphatic rings. The number of ether oxygens (including phenoxy) is 3. The topological polar surface area (TPSA) is 100 Å². The molecule has 8 nitrogen and oxygen atoms in total. The number of rotatable bonds is 11. The molecule has 0 fully saturated rings. The molecule has 1 atom stereocenters. The predicted molar refractivity (Wildman–Crippen MR) is 149 cm³/mol. The molecule has 0 unspecified atom stereocenters. The first-order valence-electron chi connectivity index (χ1n) is 12.7. The van der Waals surface area contributed by atoms with Gasteiger partial charge in [0.25, 0.3) is 0 Å². The molecule has 0 radical (unpaired) electrons. The van der Waals surface area contributed by atoms with Crippen LogP contribution >= 0.6 is 0 Å². The van der Waals surface area contributed by atoms with Crippen LogP contribution in [-0.2, 0) is 22.6 Å². The van der Waals surface area contributed by atoms with Gasteiger partial charge in [0.05, 0.1) is 25.0 Å². The molecular formula is C29H38N2O6Si. The van der Waals surface area contributed by atoms with Crippen LogP contribution in [0.1, 0.15) is 39.0 Å². The molecule has 0 saturated carbocycles. The molecule has 3 aromatic rings. The molecule has 1 aromatic heterocycles. The summed E-state index contributed by atoms with van der Waals surface area (Å²) in [5, 5.41) is 10.5. The molecule has 9 heteroatoms. The largest absolute Gasteiger partial charge is 0.543 e.